The highest BCUT2D eigenvalue weighted by atomic mass is 19.4. The van der Waals surface area contributed by atoms with Gasteiger partial charge in [0.25, 0.3) is 0 Å². The van der Waals surface area contributed by atoms with Crippen LogP contribution in [0.15, 0.2) is 128 Å². The van der Waals surface area contributed by atoms with Crippen molar-refractivity contribution in [2.24, 2.45) is 0 Å². The van der Waals surface area contributed by atoms with Crippen molar-refractivity contribution < 1.29 is 48.3 Å². The second-order valence-corrected chi connectivity index (χ2v) is 13.6. The lowest BCUT2D eigenvalue weighted by Gasteiger charge is -2.05. The highest BCUT2D eigenvalue weighted by molar-refractivity contribution is 5.19. The Kier molecular flexibility index (Phi) is 23.8. The van der Waals surface area contributed by atoms with Crippen molar-refractivity contribution in [1.29, 1.82) is 0 Å². The molecule has 0 saturated carbocycles. The summed E-state index contributed by atoms with van der Waals surface area (Å²) >= 11 is 0. The van der Waals surface area contributed by atoms with E-state index in [0.29, 0.717) is 22.6 Å². The SMILES string of the molecule is Cc1cc(C(F)(F)F)ccn1.Cc1ccc(C(F)(F)F)cn1.Cc1cccc(C(F)(F)F)n1.Cc1cccnc1C.Cc1cccnc1C.Cc1ccnc(F)c1.Cc1ccncc1F. The second-order valence-electron chi connectivity index (χ2n) is 13.6. The lowest BCUT2D eigenvalue weighted by molar-refractivity contribution is -0.141. The standard InChI is InChI=1S/3C7H6F3N.2C7H9N.2C6H6FN/c1-5-4-6(2-3-11-5)7(8,9)10;1-5-2-3-6(4-11-5)7(8,9)10;1-5-3-2-4-6(11-5)7(8,9)10;2*1-6-4-3-5-8-7(6)2;1-5-2-3-8-4-6(5)7;1-5-2-3-8-6(7)4-5/h3*2-4H,1H3;2*3-5H,1-2H3;2*2-4H,1H3. The third-order valence-corrected chi connectivity index (χ3v) is 8.04. The molecule has 65 heavy (non-hydrogen) atoms. The van der Waals surface area contributed by atoms with Gasteiger partial charge in [0, 0.05) is 65.7 Å². The summed E-state index contributed by atoms with van der Waals surface area (Å²) in [6.45, 7) is 16.3. The van der Waals surface area contributed by atoms with Crippen LogP contribution < -0.4 is 0 Å². The summed E-state index contributed by atoms with van der Waals surface area (Å²) in [7, 11) is 0. The Morgan fingerprint density at radius 2 is 0.969 bits per heavy atom. The van der Waals surface area contributed by atoms with Crippen molar-refractivity contribution in [3.8, 4) is 0 Å². The number of halogens is 11. The second kappa shape index (κ2) is 27.5. The van der Waals surface area contributed by atoms with E-state index in [4.69, 9.17) is 0 Å². The van der Waals surface area contributed by atoms with Crippen molar-refractivity contribution in [1.82, 2.24) is 34.9 Å². The lowest BCUT2D eigenvalue weighted by Crippen LogP contribution is -2.07. The summed E-state index contributed by atoms with van der Waals surface area (Å²) < 4.78 is 131. The van der Waals surface area contributed by atoms with E-state index in [-0.39, 0.29) is 5.82 Å². The smallest absolute Gasteiger partial charge is 0.262 e. The maximum Gasteiger partial charge on any atom is 0.433 e. The number of hydrogen-bond donors (Lipinski definition) is 0. The van der Waals surface area contributed by atoms with E-state index in [2.05, 4.69) is 60.9 Å². The zero-order valence-electron chi connectivity index (χ0n) is 36.9. The van der Waals surface area contributed by atoms with Crippen molar-refractivity contribution in [3.05, 3.63) is 208 Å². The van der Waals surface area contributed by atoms with E-state index in [9.17, 15) is 48.3 Å². The summed E-state index contributed by atoms with van der Waals surface area (Å²) in [4.78, 5) is 25.6. The summed E-state index contributed by atoms with van der Waals surface area (Å²) in [5.74, 6) is -0.655. The third kappa shape index (κ3) is 24.6. The molecule has 0 amide bonds. The third-order valence-electron chi connectivity index (χ3n) is 8.04. The molecule has 18 heteroatoms. The van der Waals surface area contributed by atoms with Gasteiger partial charge in [-0.3, -0.25) is 24.9 Å². The number of pyridine rings is 7. The molecule has 0 spiro atoms. The first-order chi connectivity index (χ1) is 30.2. The molecule has 0 aromatic carbocycles. The molecule has 7 heterocycles. The van der Waals surface area contributed by atoms with Gasteiger partial charge in [0.15, 0.2) is 0 Å². The Morgan fingerprint density at radius 3 is 1.29 bits per heavy atom. The van der Waals surface area contributed by atoms with E-state index >= 15 is 0 Å². The van der Waals surface area contributed by atoms with Gasteiger partial charge in [-0.05, 0) is 151 Å². The molecule has 7 nitrogen and oxygen atoms in total. The van der Waals surface area contributed by atoms with Crippen LogP contribution in [0.2, 0.25) is 0 Å². The molecule has 0 bridgehead atoms. The van der Waals surface area contributed by atoms with Crippen LogP contribution >= 0.6 is 0 Å². The van der Waals surface area contributed by atoms with Gasteiger partial charge in [0.1, 0.15) is 11.5 Å². The monoisotopic (exact) mass is 919 g/mol. The summed E-state index contributed by atoms with van der Waals surface area (Å²) in [5, 5.41) is 0. The van der Waals surface area contributed by atoms with E-state index in [1.54, 1.807) is 32.2 Å². The van der Waals surface area contributed by atoms with Gasteiger partial charge in [-0.2, -0.15) is 43.9 Å². The minimum absolute atomic E-state index is 0.243. The van der Waals surface area contributed by atoms with Gasteiger partial charge < -0.3 is 0 Å². The first-order valence-corrected chi connectivity index (χ1v) is 19.1. The Morgan fingerprint density at radius 1 is 0.400 bits per heavy atom. The van der Waals surface area contributed by atoms with Crippen LogP contribution in [-0.4, -0.2) is 34.9 Å². The highest BCUT2D eigenvalue weighted by Gasteiger charge is 2.32. The zero-order valence-corrected chi connectivity index (χ0v) is 36.9. The molecule has 0 aliphatic carbocycles. The fourth-order valence-corrected chi connectivity index (χ4v) is 4.13. The van der Waals surface area contributed by atoms with Gasteiger partial charge in [-0.1, -0.05) is 18.2 Å². The van der Waals surface area contributed by atoms with Crippen LogP contribution in [-0.2, 0) is 18.5 Å². The fraction of sp³-hybridized carbons (Fsp3) is 0.255. The van der Waals surface area contributed by atoms with Crippen molar-refractivity contribution in [3.63, 3.8) is 0 Å². The number of aryl methyl sites for hydroxylation is 9. The van der Waals surface area contributed by atoms with Crippen LogP contribution in [0.5, 0.6) is 0 Å². The molecular weight excluding hydrogens is 872 g/mol. The average Bonchev–Trinajstić information content (AvgIpc) is 3.22. The minimum Gasteiger partial charge on any atom is -0.262 e. The molecule has 0 aliphatic rings. The molecule has 0 aliphatic heterocycles. The Hall–Kier alpha value is -6.72. The fourth-order valence-electron chi connectivity index (χ4n) is 4.13. The van der Waals surface area contributed by atoms with Crippen LogP contribution in [0.1, 0.15) is 67.5 Å². The molecule has 0 saturated heterocycles. The molecule has 0 atom stereocenters. The molecule has 0 N–H and O–H groups in total. The van der Waals surface area contributed by atoms with Crippen LogP contribution in [0.25, 0.3) is 0 Å². The molecule has 7 rings (SSSR count). The van der Waals surface area contributed by atoms with Gasteiger partial charge in [0.2, 0.25) is 5.95 Å². The number of alkyl halides is 9. The Labute approximate surface area is 371 Å². The van der Waals surface area contributed by atoms with Crippen molar-refractivity contribution in [2.75, 3.05) is 0 Å². The molecule has 0 fully saturated rings. The molecule has 7 aromatic rings. The minimum atomic E-state index is -4.33. The predicted molar refractivity (Wildman–Crippen MR) is 227 cm³/mol. The summed E-state index contributed by atoms with van der Waals surface area (Å²) in [6, 6.07) is 20.9. The summed E-state index contributed by atoms with van der Waals surface area (Å²) in [6.07, 6.45) is -3.04. The first-order valence-electron chi connectivity index (χ1n) is 19.1. The predicted octanol–water partition coefficient (Wildman–Crippen LogP) is 13.7. The van der Waals surface area contributed by atoms with Crippen LogP contribution in [0, 0.1) is 74.1 Å². The molecule has 7 aromatic heterocycles. The van der Waals surface area contributed by atoms with Gasteiger partial charge >= 0.3 is 18.5 Å². The molecule has 0 unspecified atom stereocenters. The Bertz CT molecular complexity index is 2200. The average molecular weight is 920 g/mol. The normalized spacial score (nSPS) is 10.5. The number of hydrogen-bond acceptors (Lipinski definition) is 7. The summed E-state index contributed by atoms with van der Waals surface area (Å²) in [5.41, 5.74) is 5.43. The highest BCUT2D eigenvalue weighted by Crippen LogP contribution is 2.29. The van der Waals surface area contributed by atoms with Crippen LogP contribution in [0.4, 0.5) is 48.3 Å². The number of nitrogens with zero attached hydrogens (tertiary/aromatic N) is 7. The lowest BCUT2D eigenvalue weighted by atomic mass is 10.2. The topological polar surface area (TPSA) is 90.2 Å². The number of aromatic nitrogens is 7. The maximum absolute atomic E-state index is 12.3. The first kappa shape index (κ1) is 56.3. The van der Waals surface area contributed by atoms with E-state index in [1.807, 2.05) is 45.3 Å². The van der Waals surface area contributed by atoms with Gasteiger partial charge in [-0.25, -0.2) is 14.4 Å². The largest absolute Gasteiger partial charge is 0.433 e. The van der Waals surface area contributed by atoms with Gasteiger partial charge in [0.05, 0.1) is 17.3 Å². The van der Waals surface area contributed by atoms with Gasteiger partial charge in [-0.15, -0.1) is 0 Å². The van der Waals surface area contributed by atoms with Crippen molar-refractivity contribution >= 4 is 0 Å². The Balaban J connectivity index is 0.000000381. The quantitative estimate of drug-likeness (QED) is 0.111. The maximum atomic E-state index is 12.3. The molecule has 348 valence electrons. The van der Waals surface area contributed by atoms with Crippen LogP contribution in [0.3, 0.4) is 0 Å². The molecular formula is C47H48F11N7. The molecule has 0 radical (unpaired) electrons. The zero-order chi connectivity index (χ0) is 49.4. The van der Waals surface area contributed by atoms with Crippen molar-refractivity contribution in [2.45, 2.75) is 80.8 Å². The van der Waals surface area contributed by atoms with E-state index in [1.165, 1.54) is 61.6 Å². The number of rotatable bonds is 0. The van der Waals surface area contributed by atoms with E-state index < -0.39 is 41.3 Å². The van der Waals surface area contributed by atoms with E-state index in [0.717, 1.165) is 53.6 Å².